The molecule has 0 saturated carbocycles. The molecule has 4 rings (SSSR count). The van der Waals surface area contributed by atoms with Gasteiger partial charge in [0, 0.05) is 24.9 Å². The van der Waals surface area contributed by atoms with E-state index in [1.807, 2.05) is 39.0 Å². The number of ether oxygens (including phenoxy) is 1. The molecule has 6 heteroatoms. The van der Waals surface area contributed by atoms with Crippen LogP contribution in [0, 0.1) is 24.6 Å². The summed E-state index contributed by atoms with van der Waals surface area (Å²) in [6.07, 6.45) is 2.43. The third-order valence-electron chi connectivity index (χ3n) is 5.91. The quantitative estimate of drug-likeness (QED) is 0.367. The minimum absolute atomic E-state index is 0.125. The highest BCUT2D eigenvalue weighted by atomic mass is 19.1. The molecule has 0 unspecified atom stereocenters. The van der Waals surface area contributed by atoms with Crippen molar-refractivity contribution in [1.29, 1.82) is 0 Å². The molecule has 0 bridgehead atoms. The third kappa shape index (κ3) is 4.74. The van der Waals surface area contributed by atoms with E-state index in [1.54, 1.807) is 6.07 Å². The summed E-state index contributed by atoms with van der Waals surface area (Å²) >= 11 is 0. The van der Waals surface area contributed by atoms with Gasteiger partial charge in [0.05, 0.1) is 11.1 Å². The molecule has 1 aromatic heterocycles. The van der Waals surface area contributed by atoms with Crippen molar-refractivity contribution < 1.29 is 13.9 Å². The molecule has 0 radical (unpaired) electrons. The van der Waals surface area contributed by atoms with Crippen LogP contribution in [-0.2, 0) is 4.79 Å². The van der Waals surface area contributed by atoms with Gasteiger partial charge >= 0.3 is 5.97 Å². The number of nitrogens with zero attached hydrogens (tertiary/aromatic N) is 3. The van der Waals surface area contributed by atoms with E-state index in [9.17, 15) is 4.79 Å². The van der Waals surface area contributed by atoms with Gasteiger partial charge in [-0.3, -0.25) is 4.79 Å². The maximum atomic E-state index is 15.1. The van der Waals surface area contributed by atoms with Gasteiger partial charge < -0.3 is 9.64 Å². The molecule has 1 aliphatic heterocycles. The highest BCUT2D eigenvalue weighted by molar-refractivity contribution is 5.92. The molecule has 0 amide bonds. The van der Waals surface area contributed by atoms with E-state index in [0.29, 0.717) is 5.92 Å². The minimum atomic E-state index is -0.509. The van der Waals surface area contributed by atoms with Crippen LogP contribution in [-0.4, -0.2) is 29.0 Å². The fourth-order valence-electron chi connectivity index (χ4n) is 4.10. The minimum Gasteiger partial charge on any atom is -0.426 e. The smallest absolute Gasteiger partial charge is 0.311 e. The average Bonchev–Trinajstić information content (AvgIpc) is 2.73. The molecule has 5 nitrogen and oxygen atoms in total. The second-order valence-corrected chi connectivity index (χ2v) is 9.25. The van der Waals surface area contributed by atoms with E-state index in [4.69, 9.17) is 14.7 Å². The molecule has 2 aromatic carbocycles. The molecule has 1 aliphatic rings. The van der Waals surface area contributed by atoms with E-state index in [2.05, 4.69) is 11.8 Å². The van der Waals surface area contributed by atoms with Gasteiger partial charge in [-0.25, -0.2) is 14.4 Å². The van der Waals surface area contributed by atoms with Crippen LogP contribution in [0.5, 0.6) is 5.75 Å². The summed E-state index contributed by atoms with van der Waals surface area (Å²) in [5, 5.41) is 0.948. The normalized spacial score (nSPS) is 14.9. The molecular weight excluding hydrogens is 405 g/mol. The van der Waals surface area contributed by atoms with Crippen LogP contribution in [0.1, 0.15) is 45.6 Å². The number of fused-ring (bicyclic) bond motifs is 1. The van der Waals surface area contributed by atoms with E-state index < -0.39 is 11.8 Å². The fourth-order valence-corrected chi connectivity index (χ4v) is 4.10. The summed E-state index contributed by atoms with van der Waals surface area (Å²) in [7, 11) is 0. The van der Waals surface area contributed by atoms with Crippen LogP contribution in [0.2, 0.25) is 0 Å². The summed E-state index contributed by atoms with van der Waals surface area (Å²) in [5.74, 6) is 1.12. The number of benzene rings is 2. The van der Waals surface area contributed by atoms with E-state index in [1.165, 1.54) is 12.1 Å². The Kier molecular flexibility index (Phi) is 6.40. The zero-order chi connectivity index (χ0) is 22.8. The topological polar surface area (TPSA) is 55.3 Å². The second-order valence-electron chi connectivity index (χ2n) is 9.25. The number of carbonyl (C=O) groups is 1. The van der Waals surface area contributed by atoms with Crippen molar-refractivity contribution in [2.24, 2.45) is 11.8 Å². The van der Waals surface area contributed by atoms with Crippen molar-refractivity contribution >= 4 is 22.7 Å². The number of halogens is 1. The molecular formula is C26H30FN3O2. The monoisotopic (exact) mass is 435 g/mol. The number of hydrogen-bond donors (Lipinski definition) is 0. The van der Waals surface area contributed by atoms with Gasteiger partial charge in [0.1, 0.15) is 17.4 Å². The zero-order valence-corrected chi connectivity index (χ0v) is 19.2. The predicted molar refractivity (Wildman–Crippen MR) is 125 cm³/mol. The van der Waals surface area contributed by atoms with Crippen molar-refractivity contribution in [1.82, 2.24) is 9.97 Å². The van der Waals surface area contributed by atoms with Crippen molar-refractivity contribution in [2.45, 2.75) is 47.0 Å². The van der Waals surface area contributed by atoms with Gasteiger partial charge in [-0.1, -0.05) is 32.9 Å². The first-order valence-corrected chi connectivity index (χ1v) is 11.3. The van der Waals surface area contributed by atoms with Crippen molar-refractivity contribution in [3.63, 3.8) is 0 Å². The first kappa shape index (κ1) is 22.2. The highest BCUT2D eigenvalue weighted by Gasteiger charge is 2.24. The Hall–Kier alpha value is -3.02. The SMILES string of the molecule is Cc1ccc2c(N3CCC(C)CC3)nc(-c3c(F)cccc3OC(=O)CC(C)C)nc2c1. The lowest BCUT2D eigenvalue weighted by Crippen LogP contribution is -2.33. The number of aromatic nitrogens is 2. The Bertz CT molecular complexity index is 1140. The number of hydrogen-bond acceptors (Lipinski definition) is 5. The first-order chi connectivity index (χ1) is 15.3. The van der Waals surface area contributed by atoms with Gasteiger partial charge in [-0.05, 0) is 61.4 Å². The van der Waals surface area contributed by atoms with Gasteiger partial charge in [-0.2, -0.15) is 0 Å². The molecule has 1 saturated heterocycles. The van der Waals surface area contributed by atoms with Gasteiger partial charge in [0.2, 0.25) is 0 Å². The Labute approximate surface area is 188 Å². The molecule has 3 aromatic rings. The van der Waals surface area contributed by atoms with Gasteiger partial charge in [-0.15, -0.1) is 0 Å². The number of esters is 1. The molecule has 2 heterocycles. The van der Waals surface area contributed by atoms with Gasteiger partial charge in [0.25, 0.3) is 0 Å². The van der Waals surface area contributed by atoms with E-state index >= 15 is 4.39 Å². The maximum Gasteiger partial charge on any atom is 0.311 e. The maximum absolute atomic E-state index is 15.1. The first-order valence-electron chi connectivity index (χ1n) is 11.3. The lowest BCUT2D eigenvalue weighted by molar-refractivity contribution is -0.135. The molecule has 0 atom stereocenters. The fraction of sp³-hybridized carbons (Fsp3) is 0.423. The van der Waals surface area contributed by atoms with Crippen LogP contribution in [0.15, 0.2) is 36.4 Å². The van der Waals surface area contributed by atoms with Crippen LogP contribution in [0.4, 0.5) is 10.2 Å². The van der Waals surface area contributed by atoms with Crippen LogP contribution in [0.3, 0.4) is 0 Å². The number of carbonyl (C=O) groups excluding carboxylic acids is 1. The number of piperidine rings is 1. The van der Waals surface area contributed by atoms with Crippen molar-refractivity contribution in [3.8, 4) is 17.1 Å². The van der Waals surface area contributed by atoms with Crippen molar-refractivity contribution in [3.05, 3.63) is 47.8 Å². The predicted octanol–water partition coefficient (Wildman–Crippen LogP) is 5.93. The summed E-state index contributed by atoms with van der Waals surface area (Å²) in [6.45, 7) is 9.94. The summed E-state index contributed by atoms with van der Waals surface area (Å²) in [5.41, 5.74) is 1.95. The summed E-state index contributed by atoms with van der Waals surface area (Å²) < 4.78 is 20.6. The molecule has 1 fully saturated rings. The molecule has 0 spiro atoms. The number of rotatable bonds is 5. The Morgan fingerprint density at radius 3 is 2.66 bits per heavy atom. The molecule has 0 N–H and O–H groups in total. The lowest BCUT2D eigenvalue weighted by atomic mass is 9.99. The molecule has 0 aliphatic carbocycles. The van der Waals surface area contributed by atoms with Crippen LogP contribution < -0.4 is 9.64 Å². The van der Waals surface area contributed by atoms with Crippen LogP contribution >= 0.6 is 0 Å². The number of anilines is 1. The van der Waals surface area contributed by atoms with Crippen molar-refractivity contribution in [2.75, 3.05) is 18.0 Å². The Morgan fingerprint density at radius 2 is 1.94 bits per heavy atom. The van der Waals surface area contributed by atoms with Crippen LogP contribution in [0.25, 0.3) is 22.3 Å². The van der Waals surface area contributed by atoms with Gasteiger partial charge in [0.15, 0.2) is 5.82 Å². The second kappa shape index (κ2) is 9.23. The Morgan fingerprint density at radius 1 is 1.19 bits per heavy atom. The summed E-state index contributed by atoms with van der Waals surface area (Å²) in [4.78, 5) is 24.1. The molecule has 168 valence electrons. The number of aryl methyl sites for hydroxylation is 1. The van der Waals surface area contributed by atoms with E-state index in [0.717, 1.165) is 48.2 Å². The summed E-state index contributed by atoms with van der Waals surface area (Å²) in [6, 6.07) is 10.6. The highest BCUT2D eigenvalue weighted by Crippen LogP contribution is 2.35. The Balaban J connectivity index is 1.84. The van der Waals surface area contributed by atoms with E-state index in [-0.39, 0.29) is 29.5 Å². The molecule has 32 heavy (non-hydrogen) atoms. The average molecular weight is 436 g/mol. The third-order valence-corrected chi connectivity index (χ3v) is 5.91. The lowest BCUT2D eigenvalue weighted by Gasteiger charge is -2.32. The standard InChI is InChI=1S/C26H30FN3O2/c1-16(2)14-23(31)32-22-7-5-6-20(27)24(22)25-28-21-15-18(4)8-9-19(21)26(29-25)30-12-10-17(3)11-13-30/h5-9,15-17H,10-14H2,1-4H3. The zero-order valence-electron chi connectivity index (χ0n) is 19.2. The largest absolute Gasteiger partial charge is 0.426 e.